The van der Waals surface area contributed by atoms with Crippen LogP contribution in [0.1, 0.15) is 43.0 Å². The normalized spacial score (nSPS) is 12.9. The van der Waals surface area contributed by atoms with Gasteiger partial charge in [0.05, 0.1) is 5.75 Å². The minimum atomic E-state index is -3.57. The number of ether oxygens (including phenoxy) is 1. The Kier molecular flexibility index (Phi) is 11.6. The Bertz CT molecular complexity index is 1200. The van der Waals surface area contributed by atoms with Crippen molar-refractivity contribution in [3.05, 3.63) is 101 Å². The lowest BCUT2D eigenvalue weighted by Gasteiger charge is -2.32. The average Bonchev–Trinajstić information content (AvgIpc) is 2.90. The molecule has 0 aliphatic rings. The Labute approximate surface area is 237 Å². The predicted octanol–water partition coefficient (Wildman–Crippen LogP) is 6.79. The van der Waals surface area contributed by atoms with Crippen LogP contribution in [0, 0.1) is 0 Å². The van der Waals surface area contributed by atoms with Crippen molar-refractivity contribution in [3.8, 4) is 5.75 Å². The quantitative estimate of drug-likeness (QED) is 0.112. The maximum atomic E-state index is 13.0. The molecule has 0 aliphatic carbocycles. The van der Waals surface area contributed by atoms with Gasteiger partial charge in [0, 0.05) is 22.3 Å². The maximum absolute atomic E-state index is 13.0. The van der Waals surface area contributed by atoms with Crippen molar-refractivity contribution in [2.24, 2.45) is 0 Å². The van der Waals surface area contributed by atoms with Gasteiger partial charge in [-0.25, -0.2) is 13.1 Å². The average molecular weight is 652 g/mol. The first-order valence-electron chi connectivity index (χ1n) is 12.8. The van der Waals surface area contributed by atoms with E-state index in [0.717, 1.165) is 35.2 Å². The zero-order valence-electron chi connectivity index (χ0n) is 22.0. The van der Waals surface area contributed by atoms with Crippen molar-refractivity contribution >= 4 is 40.9 Å². The van der Waals surface area contributed by atoms with Gasteiger partial charge >= 0.3 is 0 Å². The molecular formula is C29H38INO4SSi. The first kappa shape index (κ1) is 29.8. The van der Waals surface area contributed by atoms with Crippen molar-refractivity contribution in [1.29, 1.82) is 0 Å². The van der Waals surface area contributed by atoms with E-state index in [4.69, 9.17) is 9.16 Å². The number of alkyl halides is 1. The maximum Gasteiger partial charge on any atom is 0.216 e. The van der Waals surface area contributed by atoms with Crippen molar-refractivity contribution in [3.63, 3.8) is 0 Å². The molecule has 0 radical (unpaired) electrons. The highest BCUT2D eigenvalue weighted by Crippen LogP contribution is 2.28. The molecule has 200 valence electrons. The van der Waals surface area contributed by atoms with Gasteiger partial charge in [0.15, 0.2) is 0 Å². The Morgan fingerprint density at radius 2 is 1.51 bits per heavy atom. The van der Waals surface area contributed by atoms with E-state index in [2.05, 4.69) is 48.1 Å². The van der Waals surface area contributed by atoms with Gasteiger partial charge in [-0.05, 0) is 41.3 Å². The summed E-state index contributed by atoms with van der Waals surface area (Å²) in [6, 6.07) is 27.5. The first-order chi connectivity index (χ1) is 17.8. The smallest absolute Gasteiger partial charge is 0.216 e. The zero-order valence-corrected chi connectivity index (χ0v) is 25.9. The fourth-order valence-electron chi connectivity index (χ4n) is 4.33. The Balaban J connectivity index is 1.75. The van der Waals surface area contributed by atoms with E-state index >= 15 is 0 Å². The summed E-state index contributed by atoms with van der Waals surface area (Å²) in [4.78, 5) is 0. The molecular weight excluding hydrogens is 613 g/mol. The summed E-state index contributed by atoms with van der Waals surface area (Å²) in [5, 5.41) is 0. The molecule has 3 rings (SSSR count). The Morgan fingerprint density at radius 1 is 0.892 bits per heavy atom. The lowest BCUT2D eigenvalue weighted by atomic mass is 10.1. The number of rotatable bonds is 15. The van der Waals surface area contributed by atoms with Crippen molar-refractivity contribution in [2.75, 3.05) is 6.61 Å². The minimum Gasteiger partial charge on any atom is -0.489 e. The van der Waals surface area contributed by atoms with E-state index in [1.165, 1.54) is 0 Å². The summed E-state index contributed by atoms with van der Waals surface area (Å²) >= 11 is 2.51. The third-order valence-corrected chi connectivity index (χ3v) is 16.1. The summed E-state index contributed by atoms with van der Waals surface area (Å²) in [6.45, 7) is 7.99. The lowest BCUT2D eigenvalue weighted by molar-refractivity contribution is 0.300. The number of halogens is 1. The summed E-state index contributed by atoms with van der Waals surface area (Å²) in [6.07, 6.45) is 0.738. The number of hydrogen-bond donors (Lipinski definition) is 1. The van der Waals surface area contributed by atoms with E-state index in [-0.39, 0.29) is 12.3 Å². The van der Waals surface area contributed by atoms with Crippen LogP contribution in [0.25, 0.3) is 0 Å². The molecule has 0 amide bonds. The third kappa shape index (κ3) is 9.21. The summed E-state index contributed by atoms with van der Waals surface area (Å²) in [7, 11) is -5.35. The van der Waals surface area contributed by atoms with E-state index in [1.54, 1.807) is 0 Å². The summed E-state index contributed by atoms with van der Waals surface area (Å²) in [5.41, 5.74) is 3.66. The first-order valence-corrected chi connectivity index (χ1v) is 18.1. The molecule has 1 N–H and O–H groups in total. The van der Waals surface area contributed by atoms with Gasteiger partial charge in [-0.3, -0.25) is 0 Å². The fourth-order valence-corrected chi connectivity index (χ4v) is 11.4. The molecule has 0 aromatic heterocycles. The summed E-state index contributed by atoms with van der Waals surface area (Å²) in [5.74, 6) is 0.441. The van der Waals surface area contributed by atoms with Crippen LogP contribution in [0.4, 0.5) is 0 Å². The van der Waals surface area contributed by atoms with Gasteiger partial charge in [-0.2, -0.15) is 0 Å². The highest BCUT2D eigenvalue weighted by atomic mass is 127. The highest BCUT2D eigenvalue weighted by Gasteiger charge is 2.35. The third-order valence-electron chi connectivity index (χ3n) is 6.75. The van der Waals surface area contributed by atoms with Crippen molar-refractivity contribution in [2.45, 2.75) is 61.7 Å². The van der Waals surface area contributed by atoms with Crippen LogP contribution >= 0.6 is 22.6 Å². The van der Waals surface area contributed by atoms with Crippen LogP contribution in [0.2, 0.25) is 12.1 Å². The topological polar surface area (TPSA) is 64.6 Å². The molecule has 0 heterocycles. The Hall–Kier alpha value is -1.72. The molecule has 0 aliphatic heterocycles. The molecule has 1 unspecified atom stereocenters. The van der Waals surface area contributed by atoms with Gasteiger partial charge in [0.2, 0.25) is 18.3 Å². The monoisotopic (exact) mass is 651 g/mol. The molecule has 0 spiro atoms. The SMILES string of the molecule is CC[Si](CC)(OCCc1ccc(OCc2ccccc2)c(CS(=O)(=O)NCc2ccccc2)c1)C(C)I. The van der Waals surface area contributed by atoms with Crippen LogP contribution in [0.5, 0.6) is 5.75 Å². The lowest BCUT2D eigenvalue weighted by Crippen LogP contribution is -2.45. The number of benzene rings is 3. The molecule has 3 aromatic rings. The van der Waals surface area contributed by atoms with Gasteiger partial charge in [0.1, 0.15) is 12.4 Å². The molecule has 8 heteroatoms. The van der Waals surface area contributed by atoms with E-state index in [9.17, 15) is 8.42 Å². The van der Waals surface area contributed by atoms with Gasteiger partial charge < -0.3 is 9.16 Å². The minimum absolute atomic E-state index is 0.147. The van der Waals surface area contributed by atoms with Crippen LogP contribution in [-0.4, -0.2) is 26.9 Å². The second kappa shape index (κ2) is 14.4. The highest BCUT2D eigenvalue weighted by molar-refractivity contribution is 14.1. The Morgan fingerprint density at radius 3 is 2.11 bits per heavy atom. The van der Waals surface area contributed by atoms with Crippen LogP contribution in [0.15, 0.2) is 78.9 Å². The number of nitrogens with one attached hydrogen (secondary N) is 1. The summed E-state index contributed by atoms with van der Waals surface area (Å²) < 4.78 is 41.9. The van der Waals surface area contributed by atoms with Gasteiger partial charge in [-0.15, -0.1) is 0 Å². The molecule has 37 heavy (non-hydrogen) atoms. The van der Waals surface area contributed by atoms with Crippen LogP contribution < -0.4 is 9.46 Å². The second-order valence-corrected chi connectivity index (χ2v) is 18.8. The molecule has 0 saturated heterocycles. The molecule has 0 fully saturated rings. The van der Waals surface area contributed by atoms with Gasteiger partial charge in [0.25, 0.3) is 0 Å². The van der Waals surface area contributed by atoms with E-state index in [1.807, 2.05) is 78.9 Å². The number of sulfonamides is 1. The van der Waals surface area contributed by atoms with Crippen molar-refractivity contribution < 1.29 is 17.6 Å². The molecule has 0 saturated carbocycles. The van der Waals surface area contributed by atoms with E-state index < -0.39 is 18.3 Å². The largest absolute Gasteiger partial charge is 0.489 e. The van der Waals surface area contributed by atoms with Crippen molar-refractivity contribution in [1.82, 2.24) is 4.72 Å². The van der Waals surface area contributed by atoms with E-state index in [0.29, 0.717) is 28.1 Å². The second-order valence-electron chi connectivity index (χ2n) is 9.27. The van der Waals surface area contributed by atoms with Crippen LogP contribution in [-0.2, 0) is 39.8 Å². The van der Waals surface area contributed by atoms with Crippen LogP contribution in [0.3, 0.4) is 0 Å². The zero-order chi connectivity index (χ0) is 26.7. The standard InChI is InChI=1S/C29H38INO4SSi/c1-4-37(5-2,24(3)30)35-19-18-25-16-17-29(34-22-27-14-10-7-11-15-27)28(20-25)23-36(32,33)31-21-26-12-8-6-9-13-26/h6-17,20,24,31H,4-5,18-19,21-23H2,1-3H3. The predicted molar refractivity (Wildman–Crippen MR) is 163 cm³/mol. The number of hydrogen-bond acceptors (Lipinski definition) is 4. The molecule has 3 aromatic carbocycles. The molecule has 1 atom stereocenters. The molecule has 0 bridgehead atoms. The van der Waals surface area contributed by atoms with Gasteiger partial charge in [-0.1, -0.05) is 116 Å². The fraction of sp³-hybridized carbons (Fsp3) is 0.379. The molecule has 5 nitrogen and oxygen atoms in total.